The molecule has 0 bridgehead atoms. The molecule has 0 amide bonds. The van der Waals surface area contributed by atoms with Crippen LogP contribution < -0.4 is 5.73 Å². The zero-order chi connectivity index (χ0) is 14.9. The Kier molecular flexibility index (Phi) is 4.34. The predicted molar refractivity (Wildman–Crippen MR) is 83.9 cm³/mol. The topological polar surface area (TPSA) is 39.2 Å². The average molecular weight is 271 g/mol. The van der Waals surface area contributed by atoms with Gasteiger partial charge in [-0.25, -0.2) is 0 Å². The zero-order valence-electron chi connectivity index (χ0n) is 13.2. The molecule has 1 aromatic carbocycles. The third kappa shape index (κ3) is 2.96. The first kappa shape index (κ1) is 14.9. The van der Waals surface area contributed by atoms with Gasteiger partial charge < -0.3 is 10.2 Å². The fraction of sp³-hybridized carbons (Fsp3) is 0.444. The Balaban J connectivity index is 2.35. The third-order valence-corrected chi connectivity index (χ3v) is 3.88. The van der Waals surface area contributed by atoms with Crippen LogP contribution in [0.3, 0.4) is 0 Å². The minimum atomic E-state index is -0.112. The van der Waals surface area contributed by atoms with Gasteiger partial charge in [0.2, 0.25) is 0 Å². The maximum atomic E-state index is 6.47. The van der Waals surface area contributed by atoms with E-state index in [2.05, 4.69) is 45.0 Å². The first-order valence-corrected chi connectivity index (χ1v) is 7.31. The van der Waals surface area contributed by atoms with Gasteiger partial charge in [-0.05, 0) is 49.8 Å². The number of aryl methyl sites for hydroxylation is 2. The summed E-state index contributed by atoms with van der Waals surface area (Å²) in [6, 6.07) is 8.50. The molecule has 1 heterocycles. The van der Waals surface area contributed by atoms with E-state index in [0.717, 1.165) is 29.1 Å². The van der Waals surface area contributed by atoms with Crippen molar-refractivity contribution in [3.63, 3.8) is 0 Å². The van der Waals surface area contributed by atoms with Crippen molar-refractivity contribution >= 4 is 0 Å². The molecule has 108 valence electrons. The zero-order valence-corrected chi connectivity index (χ0v) is 13.2. The highest BCUT2D eigenvalue weighted by atomic mass is 16.3. The summed E-state index contributed by atoms with van der Waals surface area (Å²) in [6.07, 6.45) is 1.09. The lowest BCUT2D eigenvalue weighted by molar-refractivity contribution is 0.498. The normalized spacial score (nSPS) is 12.9. The second kappa shape index (κ2) is 5.84. The molecule has 0 aliphatic heterocycles. The highest BCUT2D eigenvalue weighted by molar-refractivity contribution is 5.41. The van der Waals surface area contributed by atoms with Gasteiger partial charge in [-0.2, -0.15) is 0 Å². The van der Waals surface area contributed by atoms with Crippen LogP contribution in [0.5, 0.6) is 0 Å². The van der Waals surface area contributed by atoms with Gasteiger partial charge >= 0.3 is 0 Å². The molecule has 2 N–H and O–H groups in total. The van der Waals surface area contributed by atoms with E-state index in [0.29, 0.717) is 5.92 Å². The molecule has 0 saturated heterocycles. The number of furan rings is 1. The first-order chi connectivity index (χ1) is 9.40. The second-order valence-corrected chi connectivity index (χ2v) is 6.07. The minimum absolute atomic E-state index is 0.112. The summed E-state index contributed by atoms with van der Waals surface area (Å²) < 4.78 is 5.70. The summed E-state index contributed by atoms with van der Waals surface area (Å²) in [7, 11) is 0. The van der Waals surface area contributed by atoms with Crippen molar-refractivity contribution in [1.29, 1.82) is 0 Å². The SMILES string of the molecule is Cc1oc(C)c(C(N)c2cccc(CC(C)C)c2)c1C. The van der Waals surface area contributed by atoms with Crippen LogP contribution in [0.1, 0.15) is 53.7 Å². The van der Waals surface area contributed by atoms with Gasteiger partial charge in [0.05, 0.1) is 6.04 Å². The molecule has 1 atom stereocenters. The van der Waals surface area contributed by atoms with Crippen LogP contribution in [0.2, 0.25) is 0 Å². The van der Waals surface area contributed by atoms with E-state index < -0.39 is 0 Å². The van der Waals surface area contributed by atoms with Crippen LogP contribution in [-0.4, -0.2) is 0 Å². The average Bonchev–Trinajstić information content (AvgIpc) is 2.62. The molecule has 20 heavy (non-hydrogen) atoms. The van der Waals surface area contributed by atoms with Gasteiger partial charge in [0.15, 0.2) is 0 Å². The number of benzene rings is 1. The lowest BCUT2D eigenvalue weighted by Gasteiger charge is -2.15. The summed E-state index contributed by atoms with van der Waals surface area (Å²) in [4.78, 5) is 0. The summed E-state index contributed by atoms with van der Waals surface area (Å²) in [6.45, 7) is 10.5. The Hall–Kier alpha value is -1.54. The van der Waals surface area contributed by atoms with E-state index in [9.17, 15) is 0 Å². The fourth-order valence-electron chi connectivity index (χ4n) is 2.82. The largest absolute Gasteiger partial charge is 0.466 e. The lowest BCUT2D eigenvalue weighted by atomic mass is 9.93. The maximum Gasteiger partial charge on any atom is 0.106 e. The summed E-state index contributed by atoms with van der Waals surface area (Å²) in [5.41, 5.74) is 11.3. The predicted octanol–water partition coefficient (Wildman–Crippen LogP) is 4.45. The highest BCUT2D eigenvalue weighted by Crippen LogP contribution is 2.30. The third-order valence-electron chi connectivity index (χ3n) is 3.88. The van der Waals surface area contributed by atoms with Crippen molar-refractivity contribution in [2.45, 2.75) is 47.1 Å². The summed E-state index contributed by atoms with van der Waals surface area (Å²) in [5.74, 6) is 2.55. The molecule has 1 unspecified atom stereocenters. The summed E-state index contributed by atoms with van der Waals surface area (Å²) in [5, 5.41) is 0. The van der Waals surface area contributed by atoms with Crippen molar-refractivity contribution in [3.05, 3.63) is 58.0 Å². The Morgan fingerprint density at radius 2 is 1.80 bits per heavy atom. The molecule has 2 aromatic rings. The second-order valence-electron chi connectivity index (χ2n) is 6.07. The molecule has 0 radical (unpaired) electrons. The van der Waals surface area contributed by atoms with Gasteiger partial charge in [-0.15, -0.1) is 0 Å². The molecule has 0 fully saturated rings. The molecule has 2 nitrogen and oxygen atoms in total. The van der Waals surface area contributed by atoms with Gasteiger partial charge in [-0.3, -0.25) is 0 Å². The summed E-state index contributed by atoms with van der Waals surface area (Å²) >= 11 is 0. The smallest absolute Gasteiger partial charge is 0.106 e. The van der Waals surface area contributed by atoms with Crippen LogP contribution in [0.15, 0.2) is 28.7 Å². The molecule has 0 spiro atoms. The number of rotatable bonds is 4. The van der Waals surface area contributed by atoms with Crippen molar-refractivity contribution in [3.8, 4) is 0 Å². The standard InChI is InChI=1S/C18H25NO/c1-11(2)9-15-7-6-8-16(10-15)18(19)17-12(3)13(4)20-14(17)5/h6-8,10-11,18H,9,19H2,1-5H3. The first-order valence-electron chi connectivity index (χ1n) is 7.31. The van der Waals surface area contributed by atoms with Crippen LogP contribution in [0.25, 0.3) is 0 Å². The van der Waals surface area contributed by atoms with E-state index >= 15 is 0 Å². The molecule has 0 aliphatic carbocycles. The number of hydrogen-bond donors (Lipinski definition) is 1. The van der Waals surface area contributed by atoms with Crippen molar-refractivity contribution in [2.75, 3.05) is 0 Å². The number of hydrogen-bond acceptors (Lipinski definition) is 2. The maximum absolute atomic E-state index is 6.47. The van der Waals surface area contributed by atoms with E-state index in [1.165, 1.54) is 11.1 Å². The Morgan fingerprint density at radius 1 is 1.10 bits per heavy atom. The lowest BCUT2D eigenvalue weighted by Crippen LogP contribution is -2.14. The minimum Gasteiger partial charge on any atom is -0.466 e. The van der Waals surface area contributed by atoms with Gasteiger partial charge in [0, 0.05) is 5.56 Å². The quantitative estimate of drug-likeness (QED) is 0.892. The van der Waals surface area contributed by atoms with E-state index in [1.54, 1.807) is 0 Å². The molecule has 2 rings (SSSR count). The van der Waals surface area contributed by atoms with E-state index in [1.807, 2.05) is 13.8 Å². The molecule has 1 aromatic heterocycles. The Labute approximate surface area is 122 Å². The molecular formula is C18H25NO. The van der Waals surface area contributed by atoms with Crippen LogP contribution in [0, 0.1) is 26.7 Å². The monoisotopic (exact) mass is 271 g/mol. The van der Waals surface area contributed by atoms with Crippen LogP contribution in [0.4, 0.5) is 0 Å². The van der Waals surface area contributed by atoms with Gasteiger partial charge in [0.1, 0.15) is 11.5 Å². The van der Waals surface area contributed by atoms with Crippen molar-refractivity contribution < 1.29 is 4.42 Å². The highest BCUT2D eigenvalue weighted by Gasteiger charge is 2.19. The van der Waals surface area contributed by atoms with Gasteiger partial charge in [-0.1, -0.05) is 38.1 Å². The van der Waals surface area contributed by atoms with Crippen molar-refractivity contribution in [1.82, 2.24) is 0 Å². The molecular weight excluding hydrogens is 246 g/mol. The Bertz CT molecular complexity index is 595. The number of nitrogens with two attached hydrogens (primary N) is 1. The molecule has 0 aliphatic rings. The van der Waals surface area contributed by atoms with Crippen LogP contribution >= 0.6 is 0 Å². The fourth-order valence-corrected chi connectivity index (χ4v) is 2.82. The molecule has 2 heteroatoms. The van der Waals surface area contributed by atoms with Gasteiger partial charge in [0.25, 0.3) is 0 Å². The van der Waals surface area contributed by atoms with Crippen LogP contribution in [-0.2, 0) is 6.42 Å². The van der Waals surface area contributed by atoms with Crippen molar-refractivity contribution in [2.24, 2.45) is 11.7 Å². The molecule has 0 saturated carbocycles. The van der Waals surface area contributed by atoms with E-state index in [4.69, 9.17) is 10.2 Å². The Morgan fingerprint density at radius 3 is 2.35 bits per heavy atom. The van der Waals surface area contributed by atoms with E-state index in [-0.39, 0.29) is 6.04 Å².